The predicted octanol–water partition coefficient (Wildman–Crippen LogP) is 1.48. The molecule has 0 radical (unpaired) electrons. The Morgan fingerprint density at radius 1 is 1.31 bits per heavy atom. The van der Waals surface area contributed by atoms with Gasteiger partial charge < -0.3 is 15.5 Å². The number of hydrogen-bond donors (Lipinski definition) is 3. The Morgan fingerprint density at radius 3 is 2.62 bits per heavy atom. The van der Waals surface area contributed by atoms with Crippen molar-refractivity contribution in [3.05, 3.63) is 47.7 Å². The first kappa shape index (κ1) is 20.1. The molecule has 0 aliphatic carbocycles. The van der Waals surface area contributed by atoms with E-state index in [9.17, 15) is 13.2 Å². The Bertz CT molecular complexity index is 831. The molecule has 2 rings (SSSR count). The third kappa shape index (κ3) is 5.65. The van der Waals surface area contributed by atoms with E-state index in [4.69, 9.17) is 15.3 Å². The number of amides is 1. The van der Waals surface area contributed by atoms with E-state index >= 15 is 0 Å². The number of carbonyl (C=O) groups excluding carboxylic acids is 1. The van der Waals surface area contributed by atoms with Crippen LogP contribution in [0.1, 0.15) is 54.2 Å². The number of oxazole rings is 1. The highest BCUT2D eigenvalue weighted by atomic mass is 32.2. The summed E-state index contributed by atoms with van der Waals surface area (Å²) in [6, 6.07) is 5.89. The summed E-state index contributed by atoms with van der Waals surface area (Å²) in [6.07, 6.45) is 4.59. The van der Waals surface area contributed by atoms with Crippen molar-refractivity contribution in [3.8, 4) is 0 Å². The van der Waals surface area contributed by atoms with Gasteiger partial charge in [0, 0.05) is 6.54 Å². The molecule has 5 N–H and O–H groups in total. The molecule has 2 aromatic rings. The molecule has 1 unspecified atom stereocenters. The zero-order valence-electron chi connectivity index (χ0n) is 14.6. The lowest BCUT2D eigenvalue weighted by atomic mass is 10.1. The second-order valence-corrected chi connectivity index (χ2v) is 7.58. The van der Waals surface area contributed by atoms with E-state index in [1.165, 1.54) is 18.4 Å². The summed E-state index contributed by atoms with van der Waals surface area (Å²) in [5.74, 6) is 0.0195. The first-order valence-corrected chi connectivity index (χ1v) is 9.97. The number of unbranched alkanes of at least 4 members (excludes halogenated alkanes) is 1. The molecule has 1 amide bonds. The topological polar surface area (TPSA) is 141 Å². The summed E-state index contributed by atoms with van der Waals surface area (Å²) in [4.78, 5) is 16.3. The van der Waals surface area contributed by atoms with Gasteiger partial charge >= 0.3 is 0 Å². The highest BCUT2D eigenvalue weighted by Gasteiger charge is 2.16. The fraction of sp³-hybridized carbons (Fsp3) is 0.412. The van der Waals surface area contributed by atoms with Gasteiger partial charge in [0.1, 0.15) is 6.26 Å². The lowest BCUT2D eigenvalue weighted by Crippen LogP contribution is -2.26. The average molecular weight is 380 g/mol. The van der Waals surface area contributed by atoms with Gasteiger partial charge in [-0.1, -0.05) is 31.9 Å². The lowest BCUT2D eigenvalue weighted by Gasteiger charge is -2.05. The molecule has 26 heavy (non-hydrogen) atoms. The highest BCUT2D eigenvalue weighted by molar-refractivity contribution is 7.89. The van der Waals surface area contributed by atoms with E-state index in [1.807, 2.05) is 0 Å². The third-order valence-corrected chi connectivity index (χ3v) is 4.82. The third-order valence-electron chi connectivity index (χ3n) is 3.89. The van der Waals surface area contributed by atoms with Crippen LogP contribution in [-0.4, -0.2) is 25.9 Å². The minimum atomic E-state index is -3.70. The largest absolute Gasteiger partial charge is 0.446 e. The van der Waals surface area contributed by atoms with Gasteiger partial charge in [0.2, 0.25) is 15.9 Å². The van der Waals surface area contributed by atoms with Crippen LogP contribution in [0.15, 0.2) is 39.8 Å². The number of primary sulfonamides is 1. The number of sulfonamides is 1. The summed E-state index contributed by atoms with van der Waals surface area (Å²) in [6.45, 7) is 2.45. The maximum atomic E-state index is 12.1. The number of carbonyl (C=O) groups is 1. The highest BCUT2D eigenvalue weighted by Crippen LogP contribution is 2.16. The molecule has 1 atom stereocenters. The van der Waals surface area contributed by atoms with Gasteiger partial charge in [-0.3, -0.25) is 4.79 Å². The number of aromatic nitrogens is 1. The molecule has 0 saturated carbocycles. The quantitative estimate of drug-likeness (QED) is 0.602. The summed E-state index contributed by atoms with van der Waals surface area (Å²) >= 11 is 0. The molecule has 1 aromatic carbocycles. The van der Waals surface area contributed by atoms with Crippen molar-refractivity contribution in [2.75, 3.05) is 6.54 Å². The van der Waals surface area contributed by atoms with Crippen LogP contribution in [0.2, 0.25) is 0 Å². The van der Waals surface area contributed by atoms with Crippen molar-refractivity contribution in [1.82, 2.24) is 10.3 Å². The van der Waals surface area contributed by atoms with Crippen LogP contribution < -0.4 is 16.2 Å². The summed E-state index contributed by atoms with van der Waals surface area (Å²) in [7, 11) is -3.70. The molecule has 0 aliphatic rings. The maximum Gasteiger partial charge on any atom is 0.273 e. The van der Waals surface area contributed by atoms with E-state index in [-0.39, 0.29) is 22.5 Å². The van der Waals surface area contributed by atoms with Crippen LogP contribution in [0.3, 0.4) is 0 Å². The Hall–Kier alpha value is -2.23. The first-order valence-electron chi connectivity index (χ1n) is 8.42. The van der Waals surface area contributed by atoms with Crippen LogP contribution >= 0.6 is 0 Å². The first-order chi connectivity index (χ1) is 12.3. The Labute approximate surface area is 153 Å². The number of benzene rings is 1. The Morgan fingerprint density at radius 2 is 2.00 bits per heavy atom. The Balaban J connectivity index is 1.84. The monoisotopic (exact) mass is 380 g/mol. The molecule has 1 aromatic heterocycles. The number of rotatable bonds is 9. The zero-order valence-corrected chi connectivity index (χ0v) is 15.5. The lowest BCUT2D eigenvalue weighted by molar-refractivity contribution is 0.0949. The normalized spacial score (nSPS) is 12.7. The van der Waals surface area contributed by atoms with Crippen molar-refractivity contribution in [2.45, 2.75) is 43.5 Å². The van der Waals surface area contributed by atoms with Crippen molar-refractivity contribution in [2.24, 2.45) is 10.9 Å². The van der Waals surface area contributed by atoms with Gasteiger partial charge in [-0.05, 0) is 30.5 Å². The molecule has 0 aliphatic heterocycles. The van der Waals surface area contributed by atoms with Crippen LogP contribution in [0.5, 0.6) is 0 Å². The summed E-state index contributed by atoms with van der Waals surface area (Å²) < 4.78 is 27.7. The second kappa shape index (κ2) is 8.93. The molecule has 0 spiro atoms. The second-order valence-electron chi connectivity index (χ2n) is 6.01. The van der Waals surface area contributed by atoms with Crippen LogP contribution in [0.25, 0.3) is 0 Å². The summed E-state index contributed by atoms with van der Waals surface area (Å²) in [5.41, 5.74) is 7.04. The average Bonchev–Trinajstić information content (AvgIpc) is 3.09. The molecule has 9 heteroatoms. The van der Waals surface area contributed by atoms with Crippen molar-refractivity contribution in [1.29, 1.82) is 0 Å². The van der Waals surface area contributed by atoms with Crippen LogP contribution in [0, 0.1) is 0 Å². The van der Waals surface area contributed by atoms with Gasteiger partial charge in [-0.15, -0.1) is 0 Å². The molecular formula is C17H24N4O4S. The van der Waals surface area contributed by atoms with E-state index in [2.05, 4.69) is 17.2 Å². The van der Waals surface area contributed by atoms with Gasteiger partial charge in [-0.2, -0.15) is 0 Å². The zero-order chi connectivity index (χ0) is 19.2. The molecule has 0 bridgehead atoms. The SMILES string of the molecule is CCCCC(N)c1nc(C(=O)NCCc2ccc(S(N)(=O)=O)cc2)co1. The van der Waals surface area contributed by atoms with Crippen LogP contribution in [-0.2, 0) is 16.4 Å². The molecule has 0 saturated heterocycles. The number of nitrogens with two attached hydrogens (primary N) is 2. The smallest absolute Gasteiger partial charge is 0.273 e. The van der Waals surface area contributed by atoms with Crippen molar-refractivity contribution < 1.29 is 17.6 Å². The molecule has 142 valence electrons. The fourth-order valence-corrected chi connectivity index (χ4v) is 2.88. The number of hydrogen-bond acceptors (Lipinski definition) is 6. The van der Waals surface area contributed by atoms with Gasteiger partial charge in [0.25, 0.3) is 5.91 Å². The fourth-order valence-electron chi connectivity index (χ4n) is 2.37. The predicted molar refractivity (Wildman–Crippen MR) is 96.8 cm³/mol. The van der Waals surface area contributed by atoms with E-state index in [1.54, 1.807) is 12.1 Å². The molecule has 8 nitrogen and oxygen atoms in total. The van der Waals surface area contributed by atoms with E-state index < -0.39 is 10.0 Å². The molecular weight excluding hydrogens is 356 g/mol. The molecule has 1 heterocycles. The van der Waals surface area contributed by atoms with Crippen LogP contribution in [0.4, 0.5) is 0 Å². The van der Waals surface area contributed by atoms with E-state index in [0.29, 0.717) is 18.9 Å². The number of nitrogens with zero attached hydrogens (tertiary/aromatic N) is 1. The molecule has 0 fully saturated rings. The minimum Gasteiger partial charge on any atom is -0.446 e. The van der Waals surface area contributed by atoms with Gasteiger partial charge in [0.15, 0.2) is 5.69 Å². The standard InChI is InChI=1S/C17H24N4O4S/c1-2-3-4-14(18)17-21-15(11-25-17)16(22)20-10-9-12-5-7-13(8-6-12)26(19,23)24/h5-8,11,14H,2-4,9-10,18H2,1H3,(H,20,22)(H2,19,23,24). The van der Waals surface area contributed by atoms with Crippen molar-refractivity contribution in [3.63, 3.8) is 0 Å². The Kier molecular flexibility index (Phi) is 6.90. The van der Waals surface area contributed by atoms with Gasteiger partial charge in [0.05, 0.1) is 10.9 Å². The van der Waals surface area contributed by atoms with E-state index in [0.717, 1.165) is 24.8 Å². The maximum absolute atomic E-state index is 12.1. The van der Waals surface area contributed by atoms with Gasteiger partial charge in [-0.25, -0.2) is 18.5 Å². The number of nitrogens with one attached hydrogen (secondary N) is 1. The summed E-state index contributed by atoms with van der Waals surface area (Å²) in [5, 5.41) is 7.79. The van der Waals surface area contributed by atoms with Crippen molar-refractivity contribution >= 4 is 15.9 Å². The minimum absolute atomic E-state index is 0.0554.